The van der Waals surface area contributed by atoms with Gasteiger partial charge in [0.25, 0.3) is 11.8 Å². The molecular weight excluding hydrogens is 330 g/mol. The summed E-state index contributed by atoms with van der Waals surface area (Å²) in [5, 5.41) is 2.53. The van der Waals surface area contributed by atoms with Crippen molar-refractivity contribution in [2.75, 3.05) is 0 Å². The number of hydrogen-bond donors (Lipinski definition) is 3. The molecule has 0 aliphatic heterocycles. The third kappa shape index (κ3) is 5.90. The molecule has 3 amide bonds. The highest BCUT2D eigenvalue weighted by Crippen LogP contribution is 2.02. The predicted octanol–water partition coefficient (Wildman–Crippen LogP) is 1.97. The van der Waals surface area contributed by atoms with Crippen molar-refractivity contribution in [3.63, 3.8) is 0 Å². The summed E-state index contributed by atoms with van der Waals surface area (Å²) >= 11 is 0. The van der Waals surface area contributed by atoms with Crippen molar-refractivity contribution >= 4 is 23.8 Å². The number of carbonyl (C=O) groups excluding carboxylic acids is 3. The Kier molecular flexibility index (Phi) is 6.68. The SMILES string of the molecule is Cc1ccc(C(=O)NNC(=O)[C@H](C)NC(=O)/C=C/c2ccccc2)cc1. The molecule has 134 valence electrons. The molecule has 0 unspecified atom stereocenters. The Hall–Kier alpha value is -3.41. The van der Waals surface area contributed by atoms with Gasteiger partial charge in [0.2, 0.25) is 5.91 Å². The lowest BCUT2D eigenvalue weighted by Crippen LogP contribution is -2.50. The summed E-state index contributed by atoms with van der Waals surface area (Å²) in [5.41, 5.74) is 6.96. The summed E-state index contributed by atoms with van der Waals surface area (Å²) < 4.78 is 0. The molecule has 0 spiro atoms. The summed E-state index contributed by atoms with van der Waals surface area (Å²) in [6.45, 7) is 3.45. The molecule has 0 aliphatic carbocycles. The molecule has 6 nitrogen and oxygen atoms in total. The highest BCUT2D eigenvalue weighted by molar-refractivity contribution is 5.97. The molecule has 0 radical (unpaired) electrons. The monoisotopic (exact) mass is 351 g/mol. The van der Waals surface area contributed by atoms with Gasteiger partial charge in [0.15, 0.2) is 0 Å². The molecule has 3 N–H and O–H groups in total. The largest absolute Gasteiger partial charge is 0.341 e. The molecule has 0 saturated carbocycles. The minimum absolute atomic E-state index is 0.402. The average molecular weight is 351 g/mol. The number of hydrogen-bond acceptors (Lipinski definition) is 3. The zero-order valence-corrected chi connectivity index (χ0v) is 14.7. The Morgan fingerprint density at radius 3 is 2.23 bits per heavy atom. The molecule has 2 rings (SSSR count). The molecule has 1 atom stereocenters. The smallest absolute Gasteiger partial charge is 0.269 e. The normalized spacial score (nSPS) is 11.6. The number of rotatable bonds is 5. The molecule has 0 saturated heterocycles. The number of carbonyl (C=O) groups is 3. The van der Waals surface area contributed by atoms with Crippen molar-refractivity contribution in [1.29, 1.82) is 0 Å². The van der Waals surface area contributed by atoms with E-state index in [4.69, 9.17) is 0 Å². The fourth-order valence-electron chi connectivity index (χ4n) is 2.07. The van der Waals surface area contributed by atoms with Crippen LogP contribution in [0.5, 0.6) is 0 Å². The van der Waals surface area contributed by atoms with Gasteiger partial charge in [-0.2, -0.15) is 0 Å². The van der Waals surface area contributed by atoms with E-state index in [-0.39, 0.29) is 0 Å². The third-order valence-electron chi connectivity index (χ3n) is 3.59. The Bertz CT molecular complexity index is 799. The average Bonchev–Trinajstić information content (AvgIpc) is 2.65. The lowest BCUT2D eigenvalue weighted by atomic mass is 10.1. The van der Waals surface area contributed by atoms with Crippen molar-refractivity contribution in [3.8, 4) is 0 Å². The van der Waals surface area contributed by atoms with E-state index >= 15 is 0 Å². The minimum Gasteiger partial charge on any atom is -0.341 e. The highest BCUT2D eigenvalue weighted by Gasteiger charge is 2.15. The number of hydrazine groups is 1. The topological polar surface area (TPSA) is 87.3 Å². The van der Waals surface area contributed by atoms with Crippen LogP contribution in [0.1, 0.15) is 28.4 Å². The number of nitrogens with one attached hydrogen (secondary N) is 3. The molecule has 0 fully saturated rings. The lowest BCUT2D eigenvalue weighted by molar-refractivity contribution is -0.127. The summed E-state index contributed by atoms with van der Waals surface area (Å²) in [6, 6.07) is 15.5. The summed E-state index contributed by atoms with van der Waals surface area (Å²) in [5.74, 6) is -1.35. The first-order valence-corrected chi connectivity index (χ1v) is 8.16. The molecule has 2 aromatic rings. The van der Waals surface area contributed by atoms with Gasteiger partial charge in [-0.1, -0.05) is 48.0 Å². The quantitative estimate of drug-likeness (QED) is 0.568. The lowest BCUT2D eigenvalue weighted by Gasteiger charge is -2.13. The first-order chi connectivity index (χ1) is 12.5. The first-order valence-electron chi connectivity index (χ1n) is 8.16. The van der Waals surface area contributed by atoms with Crippen molar-refractivity contribution in [1.82, 2.24) is 16.2 Å². The van der Waals surface area contributed by atoms with Crippen LogP contribution in [0, 0.1) is 6.92 Å². The maximum absolute atomic E-state index is 12.0. The second-order valence-corrected chi connectivity index (χ2v) is 5.78. The summed E-state index contributed by atoms with van der Waals surface area (Å²) in [7, 11) is 0. The Balaban J connectivity index is 1.79. The van der Waals surface area contributed by atoms with Gasteiger partial charge >= 0.3 is 0 Å². The minimum atomic E-state index is -0.804. The molecule has 0 bridgehead atoms. The van der Waals surface area contributed by atoms with Crippen molar-refractivity contribution in [2.45, 2.75) is 19.9 Å². The Labute approximate surface area is 152 Å². The maximum atomic E-state index is 12.0. The Morgan fingerprint density at radius 2 is 1.58 bits per heavy atom. The molecule has 26 heavy (non-hydrogen) atoms. The first kappa shape index (κ1) is 18.9. The van der Waals surface area contributed by atoms with Crippen LogP contribution >= 0.6 is 0 Å². The molecule has 0 aromatic heterocycles. The summed E-state index contributed by atoms with van der Waals surface area (Å²) in [6.07, 6.45) is 3.00. The molecule has 6 heteroatoms. The van der Waals surface area contributed by atoms with Crippen LogP contribution < -0.4 is 16.2 Å². The third-order valence-corrected chi connectivity index (χ3v) is 3.59. The van der Waals surface area contributed by atoms with E-state index in [2.05, 4.69) is 16.2 Å². The standard InChI is InChI=1S/C20H21N3O3/c1-14-8-11-17(12-9-14)20(26)23-22-19(25)15(2)21-18(24)13-10-16-6-4-3-5-7-16/h3-13,15H,1-2H3,(H,21,24)(H,22,25)(H,23,26)/b13-10+/t15-/m0/s1. The van der Waals surface area contributed by atoms with Gasteiger partial charge in [-0.25, -0.2) is 0 Å². The van der Waals surface area contributed by atoms with Gasteiger partial charge in [0, 0.05) is 11.6 Å². The number of benzene rings is 2. The highest BCUT2D eigenvalue weighted by atomic mass is 16.2. The predicted molar refractivity (Wildman–Crippen MR) is 99.9 cm³/mol. The molecule has 0 heterocycles. The fraction of sp³-hybridized carbons (Fsp3) is 0.150. The van der Waals surface area contributed by atoms with Gasteiger partial charge in [-0.3, -0.25) is 25.2 Å². The number of aryl methyl sites for hydroxylation is 1. The van der Waals surface area contributed by atoms with Crippen LogP contribution in [0.25, 0.3) is 6.08 Å². The van der Waals surface area contributed by atoms with Crippen molar-refractivity contribution in [3.05, 3.63) is 77.4 Å². The van der Waals surface area contributed by atoms with Gasteiger partial charge in [0.05, 0.1) is 0 Å². The molecular formula is C20H21N3O3. The van der Waals surface area contributed by atoms with E-state index in [0.717, 1.165) is 11.1 Å². The van der Waals surface area contributed by atoms with Gasteiger partial charge in [0.1, 0.15) is 6.04 Å². The van der Waals surface area contributed by atoms with E-state index in [9.17, 15) is 14.4 Å². The second-order valence-electron chi connectivity index (χ2n) is 5.78. The van der Waals surface area contributed by atoms with E-state index in [0.29, 0.717) is 5.56 Å². The van der Waals surface area contributed by atoms with Crippen LogP contribution in [-0.2, 0) is 9.59 Å². The van der Waals surface area contributed by atoms with Crippen molar-refractivity contribution in [2.24, 2.45) is 0 Å². The maximum Gasteiger partial charge on any atom is 0.269 e. The van der Waals surface area contributed by atoms with Crippen molar-refractivity contribution < 1.29 is 14.4 Å². The van der Waals surface area contributed by atoms with Crippen LogP contribution in [0.3, 0.4) is 0 Å². The van der Waals surface area contributed by atoms with Gasteiger partial charge in [-0.05, 0) is 37.6 Å². The van der Waals surface area contributed by atoms with Crippen LogP contribution in [0.4, 0.5) is 0 Å². The summed E-state index contributed by atoms with van der Waals surface area (Å²) in [4.78, 5) is 35.8. The van der Waals surface area contributed by atoms with E-state index in [1.54, 1.807) is 30.3 Å². The second kappa shape index (κ2) is 9.17. The zero-order valence-electron chi connectivity index (χ0n) is 14.7. The van der Waals surface area contributed by atoms with Gasteiger partial charge < -0.3 is 5.32 Å². The fourth-order valence-corrected chi connectivity index (χ4v) is 2.07. The Morgan fingerprint density at radius 1 is 0.923 bits per heavy atom. The van der Waals surface area contributed by atoms with Crippen LogP contribution in [0.2, 0.25) is 0 Å². The van der Waals surface area contributed by atoms with Crippen LogP contribution in [-0.4, -0.2) is 23.8 Å². The number of amides is 3. The van der Waals surface area contributed by atoms with Crippen LogP contribution in [0.15, 0.2) is 60.7 Å². The zero-order chi connectivity index (χ0) is 18.9. The molecule has 2 aromatic carbocycles. The van der Waals surface area contributed by atoms with Gasteiger partial charge in [-0.15, -0.1) is 0 Å². The van der Waals surface area contributed by atoms with E-state index < -0.39 is 23.8 Å². The van der Waals surface area contributed by atoms with E-state index in [1.807, 2.05) is 37.3 Å². The molecule has 0 aliphatic rings. The van der Waals surface area contributed by atoms with E-state index in [1.165, 1.54) is 13.0 Å².